The summed E-state index contributed by atoms with van der Waals surface area (Å²) in [4.78, 5) is 0. The van der Waals surface area contributed by atoms with Crippen molar-refractivity contribution in [1.29, 1.82) is 0 Å². The van der Waals surface area contributed by atoms with Crippen molar-refractivity contribution in [3.8, 4) is 0 Å². The molecule has 1 aromatic carbocycles. The van der Waals surface area contributed by atoms with E-state index in [9.17, 15) is 0 Å². The molecule has 0 aliphatic heterocycles. The molecule has 1 fully saturated rings. The summed E-state index contributed by atoms with van der Waals surface area (Å²) in [7, 11) is 0. The van der Waals surface area contributed by atoms with Crippen LogP contribution in [-0.2, 0) is 6.42 Å². The molecule has 0 saturated heterocycles. The van der Waals surface area contributed by atoms with Crippen molar-refractivity contribution < 1.29 is 0 Å². The molecule has 0 spiro atoms. The molecule has 2 atom stereocenters. The van der Waals surface area contributed by atoms with Crippen LogP contribution in [0.25, 0.3) is 0 Å². The molecule has 2 N–H and O–H groups in total. The maximum atomic E-state index is 6.26. The zero-order chi connectivity index (χ0) is 13.3. The van der Waals surface area contributed by atoms with Gasteiger partial charge in [-0.25, -0.2) is 0 Å². The Morgan fingerprint density at radius 1 is 1.28 bits per heavy atom. The minimum absolute atomic E-state index is 0.269. The van der Waals surface area contributed by atoms with Crippen molar-refractivity contribution in [3.63, 3.8) is 0 Å². The summed E-state index contributed by atoms with van der Waals surface area (Å²) in [5, 5.41) is 1.52. The molecular weight excluding hydrogens is 265 g/mol. The van der Waals surface area contributed by atoms with Crippen LogP contribution in [0.15, 0.2) is 18.2 Å². The number of hydrogen-bond acceptors (Lipinski definition) is 1. The fourth-order valence-corrected chi connectivity index (χ4v) is 3.52. The van der Waals surface area contributed by atoms with E-state index in [4.69, 9.17) is 28.9 Å². The van der Waals surface area contributed by atoms with Crippen LogP contribution in [0.3, 0.4) is 0 Å². The SMILES string of the molecule is CC1(C)CCC(N)C(Cc2c(Cl)cccc2Cl)C1. The van der Waals surface area contributed by atoms with Gasteiger partial charge in [-0.15, -0.1) is 0 Å². The van der Waals surface area contributed by atoms with Crippen LogP contribution < -0.4 is 5.73 Å². The van der Waals surface area contributed by atoms with Gasteiger partial charge in [0, 0.05) is 16.1 Å². The number of rotatable bonds is 2. The molecule has 0 bridgehead atoms. The van der Waals surface area contributed by atoms with Gasteiger partial charge in [-0.1, -0.05) is 43.1 Å². The quantitative estimate of drug-likeness (QED) is 0.838. The molecule has 18 heavy (non-hydrogen) atoms. The highest BCUT2D eigenvalue weighted by Crippen LogP contribution is 2.40. The number of nitrogens with two attached hydrogens (primary N) is 1. The fourth-order valence-electron chi connectivity index (χ4n) is 2.97. The first-order valence-corrected chi connectivity index (χ1v) is 7.33. The smallest absolute Gasteiger partial charge is 0.0452 e. The topological polar surface area (TPSA) is 26.0 Å². The Bertz CT molecular complexity index is 408. The van der Waals surface area contributed by atoms with Crippen molar-refractivity contribution in [1.82, 2.24) is 0 Å². The van der Waals surface area contributed by atoms with Crippen LogP contribution in [0.1, 0.15) is 38.7 Å². The first kappa shape index (κ1) is 14.2. The van der Waals surface area contributed by atoms with E-state index in [0.29, 0.717) is 11.3 Å². The molecule has 0 aromatic heterocycles. The molecule has 0 heterocycles. The Labute approximate surface area is 120 Å². The van der Waals surface area contributed by atoms with Crippen LogP contribution in [0.4, 0.5) is 0 Å². The molecule has 100 valence electrons. The van der Waals surface area contributed by atoms with E-state index in [1.807, 2.05) is 18.2 Å². The minimum atomic E-state index is 0.269. The highest BCUT2D eigenvalue weighted by molar-refractivity contribution is 6.35. The third-order valence-corrected chi connectivity index (χ3v) is 4.81. The largest absolute Gasteiger partial charge is 0.327 e. The van der Waals surface area contributed by atoms with Gasteiger partial charge in [0.1, 0.15) is 0 Å². The molecule has 0 amide bonds. The standard InChI is InChI=1S/C15H21Cl2N/c1-15(2)7-6-14(18)10(9-15)8-11-12(16)4-3-5-13(11)17/h3-5,10,14H,6-9,18H2,1-2H3. The molecule has 1 nitrogen and oxygen atoms in total. The molecule has 1 aromatic rings. The van der Waals surface area contributed by atoms with E-state index in [-0.39, 0.29) is 6.04 Å². The van der Waals surface area contributed by atoms with Crippen LogP contribution in [0, 0.1) is 11.3 Å². The third-order valence-electron chi connectivity index (χ3n) is 4.10. The molecule has 2 rings (SSSR count). The summed E-state index contributed by atoms with van der Waals surface area (Å²) >= 11 is 12.5. The first-order chi connectivity index (χ1) is 8.39. The Kier molecular flexibility index (Phi) is 4.25. The Morgan fingerprint density at radius 3 is 2.50 bits per heavy atom. The second-order valence-corrected chi connectivity index (χ2v) is 7.05. The van der Waals surface area contributed by atoms with Crippen molar-refractivity contribution in [2.75, 3.05) is 0 Å². The lowest BCUT2D eigenvalue weighted by Crippen LogP contribution is -2.40. The lowest BCUT2D eigenvalue weighted by Gasteiger charge is -2.39. The lowest BCUT2D eigenvalue weighted by atomic mass is 9.68. The lowest BCUT2D eigenvalue weighted by molar-refractivity contribution is 0.157. The molecular formula is C15H21Cl2N. The average molecular weight is 286 g/mol. The van der Waals surface area contributed by atoms with E-state index < -0.39 is 0 Å². The maximum Gasteiger partial charge on any atom is 0.0452 e. The van der Waals surface area contributed by atoms with E-state index in [1.165, 1.54) is 6.42 Å². The number of benzene rings is 1. The molecule has 3 heteroatoms. The van der Waals surface area contributed by atoms with Crippen molar-refractivity contribution in [3.05, 3.63) is 33.8 Å². The van der Waals surface area contributed by atoms with Crippen molar-refractivity contribution in [2.45, 2.75) is 45.6 Å². The summed E-state index contributed by atoms with van der Waals surface area (Å²) in [6, 6.07) is 5.97. The van der Waals surface area contributed by atoms with E-state index >= 15 is 0 Å². The van der Waals surface area contributed by atoms with Gasteiger partial charge in [-0.3, -0.25) is 0 Å². The number of halogens is 2. The fraction of sp³-hybridized carbons (Fsp3) is 0.600. The summed E-state index contributed by atoms with van der Waals surface area (Å²) in [6.07, 6.45) is 4.35. The summed E-state index contributed by atoms with van der Waals surface area (Å²) in [6.45, 7) is 4.64. The predicted molar refractivity (Wildman–Crippen MR) is 79.3 cm³/mol. The monoisotopic (exact) mass is 285 g/mol. The predicted octanol–water partition coefficient (Wildman–Crippen LogP) is 4.69. The van der Waals surface area contributed by atoms with Gasteiger partial charge in [0.2, 0.25) is 0 Å². The van der Waals surface area contributed by atoms with E-state index in [0.717, 1.165) is 34.9 Å². The third kappa shape index (κ3) is 3.20. The van der Waals surface area contributed by atoms with Crippen LogP contribution in [-0.4, -0.2) is 6.04 Å². The second kappa shape index (κ2) is 5.40. The minimum Gasteiger partial charge on any atom is -0.327 e. The second-order valence-electron chi connectivity index (χ2n) is 6.24. The van der Waals surface area contributed by atoms with Crippen LogP contribution >= 0.6 is 23.2 Å². The first-order valence-electron chi connectivity index (χ1n) is 6.57. The van der Waals surface area contributed by atoms with E-state index in [2.05, 4.69) is 13.8 Å². The maximum absolute atomic E-state index is 6.26. The Morgan fingerprint density at radius 2 is 1.89 bits per heavy atom. The normalized spacial score (nSPS) is 27.2. The van der Waals surface area contributed by atoms with Crippen molar-refractivity contribution >= 4 is 23.2 Å². The molecule has 1 aliphatic rings. The zero-order valence-electron chi connectivity index (χ0n) is 11.0. The summed E-state index contributed by atoms with van der Waals surface area (Å²) < 4.78 is 0. The molecule has 1 saturated carbocycles. The van der Waals surface area contributed by atoms with Gasteiger partial charge in [0.05, 0.1) is 0 Å². The van der Waals surface area contributed by atoms with Gasteiger partial charge < -0.3 is 5.73 Å². The van der Waals surface area contributed by atoms with Gasteiger partial charge in [0.25, 0.3) is 0 Å². The summed E-state index contributed by atoms with van der Waals surface area (Å²) in [5.41, 5.74) is 7.70. The molecule has 1 aliphatic carbocycles. The van der Waals surface area contributed by atoms with Crippen LogP contribution in [0.5, 0.6) is 0 Å². The number of hydrogen-bond donors (Lipinski definition) is 1. The summed E-state index contributed by atoms with van der Waals surface area (Å²) in [5.74, 6) is 0.478. The van der Waals surface area contributed by atoms with Crippen LogP contribution in [0.2, 0.25) is 10.0 Å². The Hall–Kier alpha value is -0.240. The molecule has 2 unspecified atom stereocenters. The molecule has 0 radical (unpaired) electrons. The van der Waals surface area contributed by atoms with Gasteiger partial charge in [-0.2, -0.15) is 0 Å². The zero-order valence-corrected chi connectivity index (χ0v) is 12.6. The van der Waals surface area contributed by atoms with Gasteiger partial charge in [-0.05, 0) is 54.7 Å². The average Bonchev–Trinajstić information content (AvgIpc) is 2.28. The highest BCUT2D eigenvalue weighted by Gasteiger charge is 2.33. The van der Waals surface area contributed by atoms with Gasteiger partial charge in [0.15, 0.2) is 0 Å². The van der Waals surface area contributed by atoms with Crippen molar-refractivity contribution in [2.24, 2.45) is 17.1 Å². The van der Waals surface area contributed by atoms with Gasteiger partial charge >= 0.3 is 0 Å². The van der Waals surface area contributed by atoms with E-state index in [1.54, 1.807) is 0 Å². The highest BCUT2D eigenvalue weighted by atomic mass is 35.5. The Balaban J connectivity index is 2.17.